The van der Waals surface area contributed by atoms with Gasteiger partial charge in [0, 0.05) is 28.2 Å². The molecule has 3 N–H and O–H groups in total. The van der Waals surface area contributed by atoms with Crippen LogP contribution in [0, 0.1) is 0 Å². The molecule has 2 aromatic rings. The number of furan rings is 1. The Morgan fingerprint density at radius 3 is 2.85 bits per heavy atom. The van der Waals surface area contributed by atoms with Crippen LogP contribution in [0.2, 0.25) is 0 Å². The third-order valence-corrected chi connectivity index (χ3v) is 3.93. The maximum atomic E-state index is 5.64. The van der Waals surface area contributed by atoms with Crippen LogP contribution in [-0.2, 0) is 6.42 Å². The Bertz CT molecular complexity index is 584. The molecule has 0 aliphatic heterocycles. The lowest BCUT2D eigenvalue weighted by atomic mass is 10.1. The molecule has 0 spiro atoms. The molecule has 1 unspecified atom stereocenters. The van der Waals surface area contributed by atoms with Crippen molar-refractivity contribution < 1.29 is 4.42 Å². The molecule has 0 bridgehead atoms. The van der Waals surface area contributed by atoms with Crippen molar-refractivity contribution in [2.75, 3.05) is 5.32 Å². The summed E-state index contributed by atoms with van der Waals surface area (Å²) in [6.07, 6.45) is 3.63. The topological polar surface area (TPSA) is 51.2 Å². The minimum absolute atomic E-state index is 0.350. The maximum absolute atomic E-state index is 5.64. The highest BCUT2D eigenvalue weighted by atomic mass is 79.9. The summed E-state index contributed by atoms with van der Waals surface area (Å²) >= 11 is 8.47. The first-order valence-corrected chi connectivity index (χ1v) is 7.64. The highest BCUT2D eigenvalue weighted by molar-refractivity contribution is 9.10. The van der Waals surface area contributed by atoms with E-state index in [1.165, 1.54) is 0 Å². The van der Waals surface area contributed by atoms with Crippen LogP contribution < -0.4 is 11.1 Å². The zero-order chi connectivity index (χ0) is 14.5. The minimum Gasteiger partial charge on any atom is -0.469 e. The van der Waals surface area contributed by atoms with Crippen LogP contribution in [0.25, 0.3) is 0 Å². The molecule has 0 aliphatic carbocycles. The molecule has 1 aromatic heterocycles. The molecular formula is C15H17BrN2OS. The zero-order valence-corrected chi connectivity index (χ0v) is 13.6. The first kappa shape index (κ1) is 15.1. The predicted molar refractivity (Wildman–Crippen MR) is 90.1 cm³/mol. The van der Waals surface area contributed by atoms with E-state index in [0.29, 0.717) is 11.0 Å². The van der Waals surface area contributed by atoms with E-state index >= 15 is 0 Å². The number of nitrogens with one attached hydrogen (secondary N) is 1. The van der Waals surface area contributed by atoms with E-state index in [0.717, 1.165) is 34.3 Å². The van der Waals surface area contributed by atoms with E-state index in [1.807, 2.05) is 30.3 Å². The summed E-state index contributed by atoms with van der Waals surface area (Å²) in [4.78, 5) is 0.397. The normalized spacial score (nSPS) is 12.1. The average molecular weight is 353 g/mol. The van der Waals surface area contributed by atoms with Crippen molar-refractivity contribution >= 4 is 38.8 Å². The molecular weight excluding hydrogens is 336 g/mol. The van der Waals surface area contributed by atoms with Crippen molar-refractivity contribution in [2.24, 2.45) is 5.73 Å². The van der Waals surface area contributed by atoms with Gasteiger partial charge in [0.05, 0.1) is 6.26 Å². The second-order valence-corrected chi connectivity index (χ2v) is 6.02. The van der Waals surface area contributed by atoms with Crippen LogP contribution in [0.5, 0.6) is 0 Å². The van der Waals surface area contributed by atoms with Crippen molar-refractivity contribution in [2.45, 2.75) is 25.8 Å². The molecule has 0 fully saturated rings. The standard InChI is InChI=1S/C15H17BrN2OS/c1-10(4-6-12-3-2-8-19-12)18-11-5-7-13(15(17)20)14(16)9-11/h2-3,5,7-10,18H,4,6H2,1H3,(H2,17,20). The second-order valence-electron chi connectivity index (χ2n) is 4.72. The highest BCUT2D eigenvalue weighted by Crippen LogP contribution is 2.22. The van der Waals surface area contributed by atoms with Gasteiger partial charge in [-0.3, -0.25) is 0 Å². The number of halogens is 1. The van der Waals surface area contributed by atoms with Crippen molar-refractivity contribution in [3.63, 3.8) is 0 Å². The lowest BCUT2D eigenvalue weighted by molar-refractivity contribution is 0.495. The van der Waals surface area contributed by atoms with Gasteiger partial charge in [0.15, 0.2) is 0 Å². The van der Waals surface area contributed by atoms with Crippen LogP contribution in [0.1, 0.15) is 24.7 Å². The first-order chi connectivity index (χ1) is 9.56. The Morgan fingerprint density at radius 2 is 2.25 bits per heavy atom. The van der Waals surface area contributed by atoms with Crippen molar-refractivity contribution in [3.05, 3.63) is 52.4 Å². The van der Waals surface area contributed by atoms with Gasteiger partial charge < -0.3 is 15.5 Å². The summed E-state index contributed by atoms with van der Waals surface area (Å²) in [6.45, 7) is 2.15. The van der Waals surface area contributed by atoms with Gasteiger partial charge in [-0.25, -0.2) is 0 Å². The summed E-state index contributed by atoms with van der Waals surface area (Å²) in [5.74, 6) is 1.02. The number of nitrogens with two attached hydrogens (primary N) is 1. The lowest BCUT2D eigenvalue weighted by Crippen LogP contribution is -2.16. The monoisotopic (exact) mass is 352 g/mol. The maximum Gasteiger partial charge on any atom is 0.105 e. The van der Waals surface area contributed by atoms with E-state index < -0.39 is 0 Å². The largest absolute Gasteiger partial charge is 0.469 e. The molecule has 1 atom stereocenters. The predicted octanol–water partition coefficient (Wildman–Crippen LogP) is 4.11. The van der Waals surface area contributed by atoms with Gasteiger partial charge in [0.25, 0.3) is 0 Å². The Morgan fingerprint density at radius 1 is 1.45 bits per heavy atom. The third-order valence-electron chi connectivity index (χ3n) is 3.05. The molecule has 0 saturated heterocycles. The SMILES string of the molecule is CC(CCc1ccco1)Nc1ccc(C(N)=S)c(Br)c1. The number of anilines is 1. The summed E-state index contributed by atoms with van der Waals surface area (Å²) in [5.41, 5.74) is 7.54. The Balaban J connectivity index is 1.92. The van der Waals surface area contributed by atoms with Crippen LogP contribution >= 0.6 is 28.1 Å². The van der Waals surface area contributed by atoms with E-state index in [-0.39, 0.29) is 0 Å². The zero-order valence-electron chi connectivity index (χ0n) is 11.2. The quantitative estimate of drug-likeness (QED) is 0.768. The number of thiocarbonyl (C=S) groups is 1. The summed E-state index contributed by atoms with van der Waals surface area (Å²) < 4.78 is 6.24. The van der Waals surface area contributed by atoms with E-state index in [2.05, 4.69) is 28.2 Å². The van der Waals surface area contributed by atoms with Crippen molar-refractivity contribution in [1.82, 2.24) is 0 Å². The van der Waals surface area contributed by atoms with Gasteiger partial charge in [0.1, 0.15) is 10.7 Å². The van der Waals surface area contributed by atoms with Gasteiger partial charge in [-0.15, -0.1) is 0 Å². The van der Waals surface area contributed by atoms with E-state index in [4.69, 9.17) is 22.4 Å². The number of hydrogen-bond acceptors (Lipinski definition) is 3. The highest BCUT2D eigenvalue weighted by Gasteiger charge is 2.07. The second kappa shape index (κ2) is 6.90. The molecule has 0 aliphatic rings. The number of aryl methyl sites for hydroxylation is 1. The van der Waals surface area contributed by atoms with E-state index in [9.17, 15) is 0 Å². The molecule has 0 saturated carbocycles. The Labute approximate surface area is 132 Å². The Kier molecular flexibility index (Phi) is 5.20. The smallest absolute Gasteiger partial charge is 0.105 e. The lowest BCUT2D eigenvalue weighted by Gasteiger charge is -2.15. The fourth-order valence-corrected chi connectivity index (χ4v) is 2.88. The molecule has 1 heterocycles. The van der Waals surface area contributed by atoms with Gasteiger partial charge in [0.2, 0.25) is 0 Å². The van der Waals surface area contributed by atoms with Gasteiger partial charge in [-0.1, -0.05) is 12.2 Å². The molecule has 20 heavy (non-hydrogen) atoms. The summed E-state index contributed by atoms with van der Waals surface area (Å²) in [5, 5.41) is 3.46. The Hall–Kier alpha value is -1.33. The van der Waals surface area contributed by atoms with Gasteiger partial charge in [-0.05, 0) is 59.6 Å². The van der Waals surface area contributed by atoms with Gasteiger partial charge >= 0.3 is 0 Å². The molecule has 106 valence electrons. The number of benzene rings is 1. The first-order valence-electron chi connectivity index (χ1n) is 6.44. The van der Waals surface area contributed by atoms with Crippen LogP contribution in [0.3, 0.4) is 0 Å². The minimum atomic E-state index is 0.350. The van der Waals surface area contributed by atoms with Crippen LogP contribution in [0.15, 0.2) is 45.5 Å². The molecule has 5 heteroatoms. The van der Waals surface area contributed by atoms with Crippen molar-refractivity contribution in [1.29, 1.82) is 0 Å². The molecule has 1 aromatic carbocycles. The number of hydrogen-bond donors (Lipinski definition) is 2. The summed E-state index contributed by atoms with van der Waals surface area (Å²) in [7, 11) is 0. The molecule has 2 rings (SSSR count). The number of rotatable bonds is 6. The molecule has 0 radical (unpaired) electrons. The third kappa shape index (κ3) is 4.08. The molecule has 3 nitrogen and oxygen atoms in total. The van der Waals surface area contributed by atoms with Crippen molar-refractivity contribution in [3.8, 4) is 0 Å². The fourth-order valence-electron chi connectivity index (χ4n) is 1.98. The fraction of sp³-hybridized carbons (Fsp3) is 0.267. The van der Waals surface area contributed by atoms with Crippen LogP contribution in [0.4, 0.5) is 5.69 Å². The average Bonchev–Trinajstić information content (AvgIpc) is 2.89. The summed E-state index contributed by atoms with van der Waals surface area (Å²) in [6, 6.07) is 10.2. The van der Waals surface area contributed by atoms with Gasteiger partial charge in [-0.2, -0.15) is 0 Å². The molecule has 0 amide bonds. The van der Waals surface area contributed by atoms with Crippen LogP contribution in [-0.4, -0.2) is 11.0 Å². The van der Waals surface area contributed by atoms with E-state index in [1.54, 1.807) is 6.26 Å².